The highest BCUT2D eigenvalue weighted by Crippen LogP contribution is 2.40. The smallest absolute Gasteiger partial charge is 0.191 e. The van der Waals surface area contributed by atoms with E-state index >= 15 is 0 Å². The molecule has 1 aliphatic carbocycles. The number of aliphatic imine (C=N–C) groups is 1. The number of fused-ring (bicyclic) bond motifs is 2. The number of nitrogens with one attached hydrogen (secondary N) is 2. The molecule has 1 aromatic carbocycles. The van der Waals surface area contributed by atoms with Crippen molar-refractivity contribution in [1.29, 1.82) is 0 Å². The molecular weight excluding hydrogens is 389 g/mol. The maximum Gasteiger partial charge on any atom is 0.191 e. The molecule has 2 bridgehead atoms. The Balaban J connectivity index is 0.00000144. The summed E-state index contributed by atoms with van der Waals surface area (Å²) in [6.45, 7) is 0. The number of hydrogen-bond donors (Lipinski definition) is 2. The van der Waals surface area contributed by atoms with Gasteiger partial charge >= 0.3 is 0 Å². The van der Waals surface area contributed by atoms with Crippen LogP contribution < -0.4 is 10.6 Å². The van der Waals surface area contributed by atoms with E-state index in [9.17, 15) is 0 Å². The first-order chi connectivity index (χ1) is 10.3. The van der Waals surface area contributed by atoms with Crippen LogP contribution in [-0.2, 0) is 4.74 Å². The summed E-state index contributed by atoms with van der Waals surface area (Å²) in [6.07, 6.45) is 5.60. The topological polar surface area (TPSA) is 45.7 Å². The molecule has 2 N–H and O–H groups in total. The van der Waals surface area contributed by atoms with Gasteiger partial charge in [0.05, 0.1) is 18.2 Å². The molecule has 2 aliphatic heterocycles. The molecular formula is C17H24IN3O. The van der Waals surface area contributed by atoms with Gasteiger partial charge < -0.3 is 15.4 Å². The zero-order valence-electron chi connectivity index (χ0n) is 12.9. The lowest BCUT2D eigenvalue weighted by molar-refractivity contribution is 0.0992. The summed E-state index contributed by atoms with van der Waals surface area (Å²) >= 11 is 0. The fourth-order valence-electron chi connectivity index (χ4n) is 3.73. The van der Waals surface area contributed by atoms with Gasteiger partial charge in [0.2, 0.25) is 0 Å². The van der Waals surface area contributed by atoms with Crippen molar-refractivity contribution < 1.29 is 4.74 Å². The van der Waals surface area contributed by atoms with Gasteiger partial charge in [-0.2, -0.15) is 0 Å². The van der Waals surface area contributed by atoms with Crippen molar-refractivity contribution in [2.75, 3.05) is 7.05 Å². The standard InChI is InChI=1S/C17H23N3O.HI/c1-18-17(20-15-9-12-7-8-16(15)21-12)19-14-10-13(14)11-5-3-2-4-6-11;/h2-6,12-16H,7-10H2,1H3,(H2,18,19,20);1H. The molecule has 4 nitrogen and oxygen atoms in total. The van der Waals surface area contributed by atoms with Gasteiger partial charge in [-0.25, -0.2) is 0 Å². The maximum atomic E-state index is 5.90. The Bertz CT molecular complexity index is 536. The third-order valence-electron chi connectivity index (χ3n) is 4.99. The number of benzene rings is 1. The van der Waals surface area contributed by atoms with E-state index in [0.717, 1.165) is 12.4 Å². The fourth-order valence-corrected chi connectivity index (χ4v) is 3.73. The normalized spacial score (nSPS) is 35.9. The monoisotopic (exact) mass is 413 g/mol. The molecule has 2 heterocycles. The second-order valence-corrected chi connectivity index (χ2v) is 6.44. The Labute approximate surface area is 149 Å². The quantitative estimate of drug-likeness (QED) is 0.455. The van der Waals surface area contributed by atoms with Crippen LogP contribution in [0.5, 0.6) is 0 Å². The summed E-state index contributed by atoms with van der Waals surface area (Å²) in [4.78, 5) is 4.38. The highest BCUT2D eigenvalue weighted by Gasteiger charge is 2.42. The molecule has 120 valence electrons. The van der Waals surface area contributed by atoms with Gasteiger partial charge in [-0.3, -0.25) is 4.99 Å². The number of guanidine groups is 1. The molecule has 3 fully saturated rings. The van der Waals surface area contributed by atoms with Crippen molar-refractivity contribution in [1.82, 2.24) is 10.6 Å². The Morgan fingerprint density at radius 3 is 2.50 bits per heavy atom. The summed E-state index contributed by atoms with van der Waals surface area (Å²) in [5.41, 5.74) is 1.42. The first kappa shape index (κ1) is 16.1. The minimum atomic E-state index is 0. The number of hydrogen-bond acceptors (Lipinski definition) is 2. The average Bonchev–Trinajstić information content (AvgIpc) is 2.97. The summed E-state index contributed by atoms with van der Waals surface area (Å²) in [5, 5.41) is 7.11. The molecule has 1 saturated carbocycles. The van der Waals surface area contributed by atoms with Gasteiger partial charge in [-0.15, -0.1) is 24.0 Å². The van der Waals surface area contributed by atoms with E-state index in [1.807, 2.05) is 7.05 Å². The van der Waals surface area contributed by atoms with E-state index in [-0.39, 0.29) is 24.0 Å². The van der Waals surface area contributed by atoms with Crippen LogP contribution in [0.15, 0.2) is 35.3 Å². The van der Waals surface area contributed by atoms with Crippen molar-refractivity contribution >= 4 is 29.9 Å². The number of halogens is 1. The van der Waals surface area contributed by atoms with Gasteiger partial charge in [0.25, 0.3) is 0 Å². The lowest BCUT2D eigenvalue weighted by Crippen LogP contribution is -2.48. The van der Waals surface area contributed by atoms with Crippen molar-refractivity contribution in [2.24, 2.45) is 4.99 Å². The molecule has 2 saturated heterocycles. The Morgan fingerprint density at radius 2 is 1.86 bits per heavy atom. The summed E-state index contributed by atoms with van der Waals surface area (Å²) in [7, 11) is 1.85. The fraction of sp³-hybridized carbons (Fsp3) is 0.588. The van der Waals surface area contributed by atoms with Gasteiger partial charge in [-0.1, -0.05) is 30.3 Å². The lowest BCUT2D eigenvalue weighted by Gasteiger charge is -2.22. The minimum Gasteiger partial charge on any atom is -0.373 e. The summed E-state index contributed by atoms with van der Waals surface area (Å²) in [5.74, 6) is 1.56. The average molecular weight is 413 g/mol. The van der Waals surface area contributed by atoms with Gasteiger partial charge in [0.15, 0.2) is 5.96 Å². The molecule has 0 radical (unpaired) electrons. The number of rotatable bonds is 3. The highest BCUT2D eigenvalue weighted by molar-refractivity contribution is 14.0. The third kappa shape index (κ3) is 3.25. The molecule has 5 atom stereocenters. The van der Waals surface area contributed by atoms with Crippen molar-refractivity contribution in [3.63, 3.8) is 0 Å². The summed E-state index contributed by atoms with van der Waals surface area (Å²) in [6, 6.07) is 11.7. The van der Waals surface area contributed by atoms with Crippen molar-refractivity contribution in [3.05, 3.63) is 35.9 Å². The molecule has 5 heteroatoms. The van der Waals surface area contributed by atoms with E-state index in [1.165, 1.54) is 24.8 Å². The predicted molar refractivity (Wildman–Crippen MR) is 98.9 cm³/mol. The number of nitrogens with zero attached hydrogens (tertiary/aromatic N) is 1. The molecule has 1 aromatic rings. The molecule has 4 rings (SSSR count). The summed E-state index contributed by atoms with van der Waals surface area (Å²) < 4.78 is 5.90. The van der Waals surface area contributed by atoms with Crippen LogP contribution in [0.4, 0.5) is 0 Å². The Kier molecular flexibility index (Phi) is 4.92. The van der Waals surface area contributed by atoms with Crippen LogP contribution >= 0.6 is 24.0 Å². The zero-order valence-corrected chi connectivity index (χ0v) is 15.2. The van der Waals surface area contributed by atoms with Crippen LogP contribution in [0.2, 0.25) is 0 Å². The number of ether oxygens (including phenoxy) is 1. The predicted octanol–water partition coefficient (Wildman–Crippen LogP) is 2.65. The molecule has 5 unspecified atom stereocenters. The maximum absolute atomic E-state index is 5.90. The SMILES string of the molecule is CN=C(NC1CC2CCC1O2)NC1CC1c1ccccc1.I. The highest BCUT2D eigenvalue weighted by atomic mass is 127. The van der Waals surface area contributed by atoms with E-state index in [2.05, 4.69) is 46.0 Å². The first-order valence-electron chi connectivity index (χ1n) is 8.04. The van der Waals surface area contributed by atoms with E-state index in [4.69, 9.17) is 4.74 Å². The molecule has 0 aromatic heterocycles. The van der Waals surface area contributed by atoms with Crippen LogP contribution in [0.3, 0.4) is 0 Å². The van der Waals surface area contributed by atoms with E-state index in [1.54, 1.807) is 0 Å². The Hall–Kier alpha value is -0.820. The zero-order chi connectivity index (χ0) is 14.2. The van der Waals surface area contributed by atoms with E-state index < -0.39 is 0 Å². The molecule has 0 amide bonds. The largest absolute Gasteiger partial charge is 0.373 e. The van der Waals surface area contributed by atoms with Crippen LogP contribution in [0, 0.1) is 0 Å². The second-order valence-electron chi connectivity index (χ2n) is 6.44. The van der Waals surface area contributed by atoms with Crippen LogP contribution in [-0.4, -0.2) is 37.3 Å². The lowest BCUT2D eigenvalue weighted by atomic mass is 9.96. The molecule has 3 aliphatic rings. The first-order valence-corrected chi connectivity index (χ1v) is 8.04. The second kappa shape index (κ2) is 6.74. The van der Waals surface area contributed by atoms with Gasteiger partial charge in [0.1, 0.15) is 0 Å². The minimum absolute atomic E-state index is 0. The van der Waals surface area contributed by atoms with E-state index in [0.29, 0.717) is 30.2 Å². The van der Waals surface area contributed by atoms with Gasteiger partial charge in [-0.05, 0) is 31.2 Å². The molecule has 0 spiro atoms. The Morgan fingerprint density at radius 1 is 1.09 bits per heavy atom. The van der Waals surface area contributed by atoms with Crippen molar-refractivity contribution in [2.45, 2.75) is 55.9 Å². The molecule has 22 heavy (non-hydrogen) atoms. The van der Waals surface area contributed by atoms with Crippen LogP contribution in [0.25, 0.3) is 0 Å². The van der Waals surface area contributed by atoms with Gasteiger partial charge in [0, 0.05) is 19.0 Å². The van der Waals surface area contributed by atoms with Crippen LogP contribution in [0.1, 0.15) is 37.2 Å². The van der Waals surface area contributed by atoms with Crippen molar-refractivity contribution in [3.8, 4) is 0 Å². The third-order valence-corrected chi connectivity index (χ3v) is 4.99.